The summed E-state index contributed by atoms with van der Waals surface area (Å²) in [6.45, 7) is 4.97. The van der Waals surface area contributed by atoms with Crippen LogP contribution in [0, 0.1) is 0 Å². The maximum atomic E-state index is 12.9. The van der Waals surface area contributed by atoms with Crippen molar-refractivity contribution in [3.63, 3.8) is 0 Å². The second-order valence-electron chi connectivity index (χ2n) is 24.2. The number of hydrogen-bond donors (Lipinski definition) is 1. The highest BCUT2D eigenvalue weighted by molar-refractivity contribution is 5.71. The summed E-state index contributed by atoms with van der Waals surface area (Å²) in [6.07, 6.45) is 64.9. The Morgan fingerprint density at radius 2 is 0.600 bits per heavy atom. The molecule has 0 bridgehead atoms. The van der Waals surface area contributed by atoms with E-state index in [2.05, 4.69) is 13.8 Å². The Hall–Kier alpha value is -1.71. The molecule has 75 heavy (non-hydrogen) atoms. The Morgan fingerprint density at radius 3 is 0.853 bits per heavy atom. The molecule has 2 unspecified atom stereocenters. The third-order valence-electron chi connectivity index (χ3n) is 15.4. The van der Waals surface area contributed by atoms with Gasteiger partial charge in [0, 0.05) is 12.8 Å². The maximum absolute atomic E-state index is 12.9. The number of quaternary nitrogens is 1. The molecule has 0 saturated heterocycles. The molecular formula is C66H130NO8+. The van der Waals surface area contributed by atoms with Crippen LogP contribution in [0.25, 0.3) is 0 Å². The minimum absolute atomic E-state index is 0.172. The molecule has 1 N–H and O–H groups in total. The molecule has 0 rings (SSSR count). The van der Waals surface area contributed by atoms with Gasteiger partial charge in [-0.25, -0.2) is 4.79 Å². The number of carboxylic acids is 1. The molecular weight excluding hydrogens is 935 g/mol. The van der Waals surface area contributed by atoms with E-state index in [4.69, 9.17) is 18.9 Å². The molecule has 0 aliphatic heterocycles. The second kappa shape index (κ2) is 58.4. The number of carbonyl (C=O) groups is 3. The van der Waals surface area contributed by atoms with E-state index >= 15 is 0 Å². The molecule has 0 aliphatic carbocycles. The minimum Gasteiger partial charge on any atom is -0.477 e. The molecule has 9 nitrogen and oxygen atoms in total. The normalized spacial score (nSPS) is 12.6. The number of likely N-dealkylation sites (N-methyl/N-ethyl adjacent to an activating group) is 1. The van der Waals surface area contributed by atoms with E-state index in [0.717, 1.165) is 38.5 Å². The summed E-state index contributed by atoms with van der Waals surface area (Å²) in [5.41, 5.74) is 0. The monoisotopic (exact) mass is 1060 g/mol. The third-order valence-corrected chi connectivity index (χ3v) is 15.4. The van der Waals surface area contributed by atoms with Gasteiger partial charge in [0.05, 0.1) is 34.4 Å². The summed E-state index contributed by atoms with van der Waals surface area (Å²) in [5, 5.41) is 9.73. The van der Waals surface area contributed by atoms with Crippen molar-refractivity contribution in [1.29, 1.82) is 0 Å². The quantitative estimate of drug-likeness (QED) is 0.0278. The number of esters is 2. The molecule has 446 valence electrons. The largest absolute Gasteiger partial charge is 0.477 e. The van der Waals surface area contributed by atoms with Crippen molar-refractivity contribution in [2.24, 2.45) is 0 Å². The zero-order valence-electron chi connectivity index (χ0n) is 51.0. The first-order valence-corrected chi connectivity index (χ1v) is 33.2. The highest BCUT2D eigenvalue weighted by Crippen LogP contribution is 2.19. The van der Waals surface area contributed by atoms with E-state index in [-0.39, 0.29) is 38.2 Å². The zero-order chi connectivity index (χ0) is 54.8. The lowest BCUT2D eigenvalue weighted by molar-refractivity contribution is -0.870. The molecule has 0 radical (unpaired) electrons. The Morgan fingerprint density at radius 1 is 0.347 bits per heavy atom. The number of nitrogens with zero attached hydrogens (tertiary/aromatic N) is 1. The fraction of sp³-hybridized carbons (Fsp3) is 0.955. The molecule has 0 aromatic rings. The van der Waals surface area contributed by atoms with Gasteiger partial charge in [0.25, 0.3) is 6.29 Å². The number of aliphatic carboxylic acids is 1. The lowest BCUT2D eigenvalue weighted by atomic mass is 10.0. The van der Waals surface area contributed by atoms with Crippen molar-refractivity contribution in [3.05, 3.63) is 0 Å². The molecule has 2 atom stereocenters. The predicted octanol–water partition coefficient (Wildman–Crippen LogP) is 19.9. The highest BCUT2D eigenvalue weighted by Gasteiger charge is 2.25. The van der Waals surface area contributed by atoms with E-state index in [1.807, 2.05) is 21.1 Å². The summed E-state index contributed by atoms with van der Waals surface area (Å²) in [4.78, 5) is 37.5. The van der Waals surface area contributed by atoms with E-state index < -0.39 is 18.4 Å². The Labute approximate surface area is 466 Å². The lowest BCUT2D eigenvalue weighted by Crippen LogP contribution is -2.40. The van der Waals surface area contributed by atoms with Gasteiger partial charge in [-0.2, -0.15) is 0 Å². The topological polar surface area (TPSA) is 108 Å². The van der Waals surface area contributed by atoms with Crippen LogP contribution < -0.4 is 0 Å². The van der Waals surface area contributed by atoms with Crippen LogP contribution in [0.1, 0.15) is 348 Å². The van der Waals surface area contributed by atoms with Crippen LogP contribution >= 0.6 is 0 Å². The minimum atomic E-state index is -1.50. The van der Waals surface area contributed by atoms with E-state index in [0.29, 0.717) is 17.4 Å². The van der Waals surface area contributed by atoms with Gasteiger partial charge < -0.3 is 28.5 Å². The Balaban J connectivity index is 4.09. The molecule has 0 aromatic carbocycles. The van der Waals surface area contributed by atoms with Crippen molar-refractivity contribution in [2.45, 2.75) is 360 Å². The summed E-state index contributed by atoms with van der Waals surface area (Å²) in [5.74, 6) is -1.97. The first-order valence-electron chi connectivity index (χ1n) is 33.2. The first-order chi connectivity index (χ1) is 36.6. The predicted molar refractivity (Wildman–Crippen MR) is 318 cm³/mol. The van der Waals surface area contributed by atoms with Crippen molar-refractivity contribution in [3.8, 4) is 0 Å². The SMILES string of the molecule is CCCCCCCCCCCCCCCCCCCCCCCCCCCCC(=O)OC(COC(=O)CCCCCCCCCCCCCCCCCCCCCCCCCC)COC(OCC[N+](C)(C)C)C(=O)O. The van der Waals surface area contributed by atoms with Gasteiger partial charge in [0.1, 0.15) is 13.2 Å². The lowest BCUT2D eigenvalue weighted by Gasteiger charge is -2.25. The average molecular weight is 1070 g/mol. The van der Waals surface area contributed by atoms with Gasteiger partial charge in [0.2, 0.25) is 0 Å². The number of rotatable bonds is 63. The molecule has 0 spiro atoms. The van der Waals surface area contributed by atoms with E-state index in [1.165, 1.54) is 283 Å². The van der Waals surface area contributed by atoms with Crippen LogP contribution in [0.5, 0.6) is 0 Å². The first kappa shape index (κ1) is 73.3. The van der Waals surface area contributed by atoms with Gasteiger partial charge in [-0.3, -0.25) is 9.59 Å². The van der Waals surface area contributed by atoms with Crippen LogP contribution in [0.3, 0.4) is 0 Å². The molecule has 0 aliphatic rings. The highest BCUT2D eigenvalue weighted by atomic mass is 16.7. The van der Waals surface area contributed by atoms with Crippen molar-refractivity contribution < 1.29 is 42.9 Å². The van der Waals surface area contributed by atoms with Gasteiger partial charge in [-0.1, -0.05) is 322 Å². The molecule has 0 amide bonds. The fourth-order valence-corrected chi connectivity index (χ4v) is 10.3. The smallest absolute Gasteiger partial charge is 0.361 e. The Kier molecular flexibility index (Phi) is 57.1. The summed E-state index contributed by atoms with van der Waals surface area (Å²) in [7, 11) is 5.99. The fourth-order valence-electron chi connectivity index (χ4n) is 10.3. The van der Waals surface area contributed by atoms with Crippen molar-refractivity contribution in [1.82, 2.24) is 0 Å². The average Bonchev–Trinajstić information content (AvgIpc) is 3.38. The summed E-state index contributed by atoms with van der Waals surface area (Å²) >= 11 is 0. The van der Waals surface area contributed by atoms with Crippen LogP contribution in [0.2, 0.25) is 0 Å². The number of carboxylic acid groups (broad SMARTS) is 1. The van der Waals surface area contributed by atoms with E-state index in [9.17, 15) is 19.5 Å². The second-order valence-corrected chi connectivity index (χ2v) is 24.2. The number of carbonyl (C=O) groups excluding carboxylic acids is 2. The van der Waals surface area contributed by atoms with Gasteiger partial charge in [-0.05, 0) is 12.8 Å². The van der Waals surface area contributed by atoms with E-state index in [1.54, 1.807) is 0 Å². The van der Waals surface area contributed by atoms with Crippen LogP contribution in [0.4, 0.5) is 0 Å². The standard InChI is InChI=1S/C66H129NO8/c1-6-8-10-12-14-16-18-20-22-24-26-28-30-32-33-35-37-39-41-43-45-47-49-51-53-55-57-64(69)75-62(61-74-66(65(70)71)72-59-58-67(3,4)5)60-73-63(68)56-54-52-50-48-46-44-42-40-38-36-34-31-29-27-25-23-21-19-17-15-13-11-9-7-2/h62,66H,6-61H2,1-5H3/p+1. The summed E-state index contributed by atoms with van der Waals surface area (Å²) < 4.78 is 23.0. The molecule has 0 fully saturated rings. The summed E-state index contributed by atoms with van der Waals surface area (Å²) in [6, 6.07) is 0. The Bertz CT molecular complexity index is 1190. The van der Waals surface area contributed by atoms with Crippen LogP contribution in [0.15, 0.2) is 0 Å². The maximum Gasteiger partial charge on any atom is 0.361 e. The number of hydrogen-bond acceptors (Lipinski definition) is 7. The van der Waals surface area contributed by atoms with Gasteiger partial charge >= 0.3 is 17.9 Å². The van der Waals surface area contributed by atoms with Crippen LogP contribution in [-0.2, 0) is 33.3 Å². The molecule has 9 heteroatoms. The number of ether oxygens (including phenoxy) is 4. The van der Waals surface area contributed by atoms with Crippen molar-refractivity contribution >= 4 is 17.9 Å². The van der Waals surface area contributed by atoms with Gasteiger partial charge in [-0.15, -0.1) is 0 Å². The van der Waals surface area contributed by atoms with Crippen molar-refractivity contribution in [2.75, 3.05) is 47.5 Å². The molecule has 0 heterocycles. The third kappa shape index (κ3) is 59.8. The molecule has 0 aromatic heterocycles. The zero-order valence-corrected chi connectivity index (χ0v) is 51.0. The van der Waals surface area contributed by atoms with Crippen LogP contribution in [-0.4, -0.2) is 87.4 Å². The number of unbranched alkanes of at least 4 members (excludes halogenated alkanes) is 48. The van der Waals surface area contributed by atoms with Gasteiger partial charge in [0.15, 0.2) is 6.10 Å². The molecule has 0 saturated carbocycles.